The fourth-order valence-corrected chi connectivity index (χ4v) is 9.43. The highest BCUT2D eigenvalue weighted by Gasteiger charge is 2.64. The van der Waals surface area contributed by atoms with Gasteiger partial charge >= 0.3 is 0 Å². The number of nitrogens with zero attached hydrogens (tertiary/aromatic N) is 2. The second-order valence-electron chi connectivity index (χ2n) is 13.5. The molecule has 0 unspecified atom stereocenters. The SMILES string of the molecule is CC(C)[C@@H]1CN(C2=CC[C@@]3(C)[C@@H](CC[C@@H]4[C@@H]3CC[C@]3(C)[C@@H]([C@H](C)N(C)C)[C@H](O)C[C@@H]43)C2=O)C1=O. The van der Waals surface area contributed by atoms with Gasteiger partial charge in [-0.15, -0.1) is 0 Å². The van der Waals surface area contributed by atoms with Gasteiger partial charge < -0.3 is 14.9 Å². The molecule has 5 aliphatic rings. The molecule has 0 bridgehead atoms. The van der Waals surface area contributed by atoms with E-state index in [0.717, 1.165) is 38.5 Å². The maximum Gasteiger partial charge on any atom is 0.232 e. The Bertz CT molecular complexity index is 896. The van der Waals surface area contributed by atoms with E-state index in [1.165, 1.54) is 0 Å². The van der Waals surface area contributed by atoms with Crippen LogP contribution in [0, 0.1) is 52.3 Å². The van der Waals surface area contributed by atoms with Crippen molar-refractivity contribution in [2.75, 3.05) is 20.6 Å². The molecule has 0 aromatic carbocycles. The monoisotopic (exact) mass is 470 g/mol. The summed E-state index contributed by atoms with van der Waals surface area (Å²) in [5.74, 6) is 2.77. The fourth-order valence-electron chi connectivity index (χ4n) is 9.43. The minimum absolute atomic E-state index is 0.0214. The number of β-lactam (4-membered cyclic amide) rings is 1. The summed E-state index contributed by atoms with van der Waals surface area (Å²) in [6.45, 7) is 12.0. The van der Waals surface area contributed by atoms with Gasteiger partial charge in [-0.25, -0.2) is 0 Å². The number of hydrogen-bond acceptors (Lipinski definition) is 4. The molecule has 1 heterocycles. The highest BCUT2D eigenvalue weighted by Crippen LogP contribution is 2.67. The van der Waals surface area contributed by atoms with E-state index in [-0.39, 0.29) is 40.5 Å². The van der Waals surface area contributed by atoms with Crippen LogP contribution in [0.3, 0.4) is 0 Å². The normalized spacial score (nSPS) is 47.2. The number of aliphatic hydroxyl groups excluding tert-OH is 1. The quantitative estimate of drug-likeness (QED) is 0.621. The predicted octanol–water partition coefficient (Wildman–Crippen LogP) is 4.35. The van der Waals surface area contributed by atoms with Crippen LogP contribution in [0.4, 0.5) is 0 Å². The van der Waals surface area contributed by atoms with Crippen molar-refractivity contribution in [3.8, 4) is 0 Å². The summed E-state index contributed by atoms with van der Waals surface area (Å²) in [5, 5.41) is 11.2. The van der Waals surface area contributed by atoms with Crippen molar-refractivity contribution >= 4 is 11.7 Å². The summed E-state index contributed by atoms with van der Waals surface area (Å²) in [7, 11) is 4.27. The summed E-state index contributed by atoms with van der Waals surface area (Å²) >= 11 is 0. The number of rotatable bonds is 4. The number of aliphatic hydroxyl groups is 1. The molecule has 190 valence electrons. The number of Topliss-reactive ketones (excluding diaryl/α,β-unsaturated/α-hetero) is 1. The van der Waals surface area contributed by atoms with Crippen molar-refractivity contribution in [2.24, 2.45) is 52.3 Å². The lowest BCUT2D eigenvalue weighted by atomic mass is 9.45. The van der Waals surface area contributed by atoms with Crippen molar-refractivity contribution < 1.29 is 14.7 Å². The first kappa shape index (κ1) is 24.5. The molecule has 1 N–H and O–H groups in total. The molecule has 0 aromatic rings. The second kappa shape index (κ2) is 8.16. The summed E-state index contributed by atoms with van der Waals surface area (Å²) in [5.41, 5.74) is 0.842. The molecule has 5 heteroatoms. The molecular formula is C29H46N2O3. The maximum atomic E-state index is 13.7. The minimum Gasteiger partial charge on any atom is -0.393 e. The van der Waals surface area contributed by atoms with Crippen LogP contribution in [0.2, 0.25) is 0 Å². The Kier molecular flexibility index (Phi) is 5.88. The van der Waals surface area contributed by atoms with Gasteiger partial charge in [-0.05, 0) is 94.0 Å². The molecule has 5 nitrogen and oxygen atoms in total. The van der Waals surface area contributed by atoms with Gasteiger partial charge in [0.25, 0.3) is 0 Å². The molecule has 1 aliphatic heterocycles. The lowest BCUT2D eigenvalue weighted by Gasteiger charge is -2.60. The average molecular weight is 471 g/mol. The Balaban J connectivity index is 1.39. The zero-order chi connectivity index (χ0) is 24.7. The smallest absolute Gasteiger partial charge is 0.232 e. The number of fused-ring (bicyclic) bond motifs is 5. The van der Waals surface area contributed by atoms with Gasteiger partial charge in [0.15, 0.2) is 5.78 Å². The van der Waals surface area contributed by atoms with E-state index in [2.05, 4.69) is 59.7 Å². The van der Waals surface area contributed by atoms with Crippen molar-refractivity contribution in [1.29, 1.82) is 0 Å². The molecule has 0 spiro atoms. The van der Waals surface area contributed by atoms with Crippen LogP contribution >= 0.6 is 0 Å². The van der Waals surface area contributed by atoms with Gasteiger partial charge in [0, 0.05) is 24.4 Å². The minimum atomic E-state index is -0.234. The van der Waals surface area contributed by atoms with E-state index in [1.54, 1.807) is 4.90 Å². The Morgan fingerprint density at radius 2 is 1.76 bits per heavy atom. The van der Waals surface area contributed by atoms with E-state index in [1.807, 2.05) is 0 Å². The van der Waals surface area contributed by atoms with Gasteiger partial charge in [0.1, 0.15) is 0 Å². The summed E-state index contributed by atoms with van der Waals surface area (Å²) in [4.78, 5) is 30.5. The van der Waals surface area contributed by atoms with E-state index in [9.17, 15) is 14.7 Å². The van der Waals surface area contributed by atoms with Crippen LogP contribution in [0.5, 0.6) is 0 Å². The molecule has 4 aliphatic carbocycles. The molecule has 5 rings (SSSR count). The van der Waals surface area contributed by atoms with Gasteiger partial charge in [0.05, 0.1) is 17.7 Å². The lowest BCUT2D eigenvalue weighted by molar-refractivity contribution is -0.154. The van der Waals surface area contributed by atoms with E-state index < -0.39 is 0 Å². The van der Waals surface area contributed by atoms with E-state index in [0.29, 0.717) is 47.9 Å². The highest BCUT2D eigenvalue weighted by atomic mass is 16.3. The fraction of sp³-hybridized carbons (Fsp3) is 0.862. The van der Waals surface area contributed by atoms with Crippen LogP contribution in [-0.4, -0.2) is 59.4 Å². The molecule has 3 saturated carbocycles. The Hall–Kier alpha value is -1.20. The van der Waals surface area contributed by atoms with Crippen LogP contribution in [0.1, 0.15) is 73.1 Å². The van der Waals surface area contributed by atoms with E-state index >= 15 is 0 Å². The number of likely N-dealkylation sites (tertiary alicyclic amines) is 1. The third kappa shape index (κ3) is 3.25. The zero-order valence-electron chi connectivity index (χ0n) is 22.4. The van der Waals surface area contributed by atoms with Crippen LogP contribution in [0.15, 0.2) is 11.8 Å². The first-order valence-corrected chi connectivity index (χ1v) is 13.8. The molecule has 0 aromatic heterocycles. The number of allylic oxidation sites excluding steroid dienone is 2. The zero-order valence-corrected chi connectivity index (χ0v) is 22.4. The summed E-state index contributed by atoms with van der Waals surface area (Å²) in [6.07, 6.45) is 8.01. The second-order valence-corrected chi connectivity index (χ2v) is 13.5. The molecule has 0 radical (unpaired) electrons. The van der Waals surface area contributed by atoms with Crippen LogP contribution in [-0.2, 0) is 9.59 Å². The first-order valence-electron chi connectivity index (χ1n) is 13.8. The highest BCUT2D eigenvalue weighted by molar-refractivity contribution is 6.03. The Labute approximate surface area is 206 Å². The summed E-state index contributed by atoms with van der Waals surface area (Å²) < 4.78 is 0. The standard InChI is InChI=1S/C29H46N2O3/c1-16(2)19-15-31(27(19)34)23-11-13-28(4)20-10-12-29(5)22(18(20)8-9-21(28)26(23)33)14-24(32)25(29)17(3)30(6)7/h11,16-22,24-25,32H,8-10,12-15H2,1-7H3/t17-,18+,19-,20-,21-,22-,24+,25-,28+,29-/m0/s1. The molecule has 34 heavy (non-hydrogen) atoms. The number of hydrogen-bond donors (Lipinski definition) is 1. The van der Waals surface area contributed by atoms with Gasteiger partial charge in [-0.3, -0.25) is 9.59 Å². The first-order chi connectivity index (χ1) is 15.9. The number of amides is 1. The Morgan fingerprint density at radius 3 is 2.38 bits per heavy atom. The van der Waals surface area contributed by atoms with Gasteiger partial charge in [0.2, 0.25) is 5.91 Å². The predicted molar refractivity (Wildman–Crippen MR) is 134 cm³/mol. The molecular weight excluding hydrogens is 424 g/mol. The third-order valence-electron chi connectivity index (χ3n) is 11.7. The molecule has 1 saturated heterocycles. The van der Waals surface area contributed by atoms with Gasteiger partial charge in [-0.1, -0.05) is 33.8 Å². The average Bonchev–Trinajstić information content (AvgIpc) is 3.03. The maximum absolute atomic E-state index is 13.7. The van der Waals surface area contributed by atoms with Crippen molar-refractivity contribution in [1.82, 2.24) is 9.80 Å². The van der Waals surface area contributed by atoms with Crippen molar-refractivity contribution in [3.05, 3.63) is 11.8 Å². The van der Waals surface area contributed by atoms with Crippen molar-refractivity contribution in [3.63, 3.8) is 0 Å². The number of carbonyl (C=O) groups is 2. The topological polar surface area (TPSA) is 60.9 Å². The van der Waals surface area contributed by atoms with Crippen molar-refractivity contribution in [2.45, 2.75) is 85.3 Å². The van der Waals surface area contributed by atoms with Crippen LogP contribution in [0.25, 0.3) is 0 Å². The third-order valence-corrected chi connectivity index (χ3v) is 11.7. The lowest BCUT2D eigenvalue weighted by Crippen LogP contribution is -2.59. The number of ketones is 1. The molecule has 1 amide bonds. The largest absolute Gasteiger partial charge is 0.393 e. The summed E-state index contributed by atoms with van der Waals surface area (Å²) in [6, 6.07) is 0.360. The number of carbonyl (C=O) groups excluding carboxylic acids is 2. The molecule has 10 atom stereocenters. The van der Waals surface area contributed by atoms with E-state index in [4.69, 9.17) is 0 Å². The van der Waals surface area contributed by atoms with Crippen LogP contribution < -0.4 is 0 Å². The van der Waals surface area contributed by atoms with Gasteiger partial charge in [-0.2, -0.15) is 0 Å². The Morgan fingerprint density at radius 1 is 1.06 bits per heavy atom. The molecule has 4 fully saturated rings.